The van der Waals surface area contributed by atoms with Crippen LogP contribution in [0.4, 0.5) is 68.2 Å². The predicted molar refractivity (Wildman–Crippen MR) is 476 cm³/mol. The van der Waals surface area contributed by atoms with Gasteiger partial charge in [-0.2, -0.15) is 15.3 Å². The number of carbonyl (C=O) groups is 3. The maximum Gasteiger partial charge on any atom is 0.261 e. The number of benzene rings is 15. The number of fused-ring (bicyclic) bond motifs is 15. The largest absolute Gasteiger partial charge is 0.494 e. The topological polar surface area (TPSA) is 166 Å². The number of ether oxygens (including phenoxy) is 3. The summed E-state index contributed by atoms with van der Waals surface area (Å²) in [4.78, 5) is 52.3. The second-order valence-electron chi connectivity index (χ2n) is 30.0. The van der Waals surface area contributed by atoms with Crippen LogP contribution >= 0.6 is 0 Å². The molecule has 118 heavy (non-hydrogen) atoms. The molecule has 578 valence electrons. The number of methoxy groups -OCH3 is 3. The number of anilines is 6. The van der Waals surface area contributed by atoms with Gasteiger partial charge in [0, 0.05) is 71.4 Å². The van der Waals surface area contributed by atoms with Gasteiger partial charge in [0.1, 0.15) is 17.1 Å². The molecule has 3 aliphatic rings. The number of para-hydroxylation sites is 3. The number of amides is 3. The number of hydrogen-bond donors (Lipinski definition) is 0. The fourth-order valence-electron chi connectivity index (χ4n) is 17.7. The summed E-state index contributed by atoms with van der Waals surface area (Å²) in [6, 6.07) is 91.1. The van der Waals surface area contributed by atoms with E-state index in [4.69, 9.17) is 44.9 Å². The molecule has 16 heteroatoms. The van der Waals surface area contributed by atoms with Crippen molar-refractivity contribution in [3.05, 3.63) is 340 Å². The van der Waals surface area contributed by atoms with Gasteiger partial charge in [-0.25, -0.2) is 0 Å². The van der Waals surface area contributed by atoms with Crippen LogP contribution in [0.15, 0.2) is 304 Å². The molecule has 0 aromatic heterocycles. The molecular weight excluding hydrogens is 1460 g/mol. The van der Waals surface area contributed by atoms with E-state index in [1.807, 2.05) is 164 Å². The van der Waals surface area contributed by atoms with Crippen LogP contribution in [0.3, 0.4) is 0 Å². The zero-order valence-corrected chi connectivity index (χ0v) is 67.1. The lowest BCUT2D eigenvalue weighted by Gasteiger charge is -2.25. The molecule has 0 bridgehead atoms. The van der Waals surface area contributed by atoms with Crippen LogP contribution in [0, 0.1) is 0 Å². The third-order valence-electron chi connectivity index (χ3n) is 23.6. The summed E-state index contributed by atoms with van der Waals surface area (Å²) in [5.74, 6) is 0.254. The Morgan fingerprint density at radius 2 is 0.568 bits per heavy atom. The van der Waals surface area contributed by atoms with Crippen molar-refractivity contribution in [1.82, 2.24) is 0 Å². The highest BCUT2D eigenvalue weighted by atomic mass is 16.5. The molecule has 0 saturated carbocycles. The number of rotatable bonds is 21. The van der Waals surface area contributed by atoms with Crippen LogP contribution in [-0.4, -0.2) is 60.2 Å². The van der Waals surface area contributed by atoms with Gasteiger partial charge in [-0.05, 0) is 247 Å². The molecule has 0 heterocycles. The first kappa shape index (κ1) is 74.9. The normalized spacial score (nSPS) is 12.3. The molecule has 3 aliphatic carbocycles. The van der Waals surface area contributed by atoms with Crippen molar-refractivity contribution in [3.63, 3.8) is 0 Å². The maximum absolute atomic E-state index is 15.0. The summed E-state index contributed by atoms with van der Waals surface area (Å²) in [5.41, 5.74) is 25.7. The maximum atomic E-state index is 15.0. The summed E-state index contributed by atoms with van der Waals surface area (Å²) in [5, 5.41) is 35.5. The van der Waals surface area contributed by atoms with Crippen molar-refractivity contribution in [3.8, 4) is 50.6 Å². The van der Waals surface area contributed by atoms with Crippen LogP contribution in [0.2, 0.25) is 0 Å². The van der Waals surface area contributed by atoms with Crippen molar-refractivity contribution >= 4 is 118 Å². The van der Waals surface area contributed by atoms with Crippen LogP contribution in [-0.2, 0) is 38.5 Å². The van der Waals surface area contributed by atoms with E-state index in [1.54, 1.807) is 57.2 Å². The minimum Gasteiger partial charge on any atom is -0.494 e. The van der Waals surface area contributed by atoms with Gasteiger partial charge in [-0.3, -0.25) is 14.4 Å². The average molecular weight is 1550 g/mol. The van der Waals surface area contributed by atoms with Gasteiger partial charge >= 0.3 is 0 Å². The third-order valence-corrected chi connectivity index (χ3v) is 23.6. The molecule has 0 radical (unpaired) electrons. The van der Waals surface area contributed by atoms with E-state index >= 15 is 14.4 Å². The monoisotopic (exact) mass is 1540 g/mol. The van der Waals surface area contributed by atoms with E-state index in [9.17, 15) is 0 Å². The third kappa shape index (κ3) is 13.1. The molecule has 0 unspecified atom stereocenters. The van der Waals surface area contributed by atoms with Gasteiger partial charge in [0.05, 0.1) is 55.1 Å². The SMILES string of the molecule is CCc1ccccc1N(C)C(=O)c1cc2ccc3c(c2c(N=Nc2ccc(N(c4ccc(N=Nc5c(OC)c(C(=O)N(C)c6ccccc6CC)cc6ccc7c(c56)Cc5ccccc5-7)cc4)c4ccc(N=Nc5c(OC)c(C(=O)N(C)c6ccccc6CC)cc6ccc7c(c56)Cc5ccccc5-7)cc4)cc2)c1OC)Cc1ccccc1-3. The number of carbonyl (C=O) groups excluding carboxylic acids is 3. The second-order valence-corrected chi connectivity index (χ2v) is 30.0. The van der Waals surface area contributed by atoms with E-state index < -0.39 is 0 Å². The molecule has 3 amide bonds. The lowest BCUT2D eigenvalue weighted by molar-refractivity contribution is 0.0982. The number of aryl methyl sites for hydroxylation is 3. The van der Waals surface area contributed by atoms with E-state index in [1.165, 1.54) is 16.7 Å². The van der Waals surface area contributed by atoms with Crippen molar-refractivity contribution in [1.29, 1.82) is 0 Å². The highest BCUT2D eigenvalue weighted by molar-refractivity contribution is 6.18. The van der Waals surface area contributed by atoms with Crippen molar-refractivity contribution in [2.45, 2.75) is 59.3 Å². The molecule has 0 atom stereocenters. The zero-order valence-electron chi connectivity index (χ0n) is 67.1. The molecular formula is C102H84N10O6. The Bertz CT molecular complexity index is 6050. The number of hydrogen-bond acceptors (Lipinski definition) is 13. The molecule has 15 aromatic carbocycles. The Morgan fingerprint density at radius 3 is 0.839 bits per heavy atom. The summed E-state index contributed by atoms with van der Waals surface area (Å²) in [7, 11) is 10.2. The van der Waals surface area contributed by atoms with Gasteiger partial charge < -0.3 is 33.8 Å². The minimum absolute atomic E-state index is 0.240. The zero-order chi connectivity index (χ0) is 81.0. The summed E-state index contributed by atoms with van der Waals surface area (Å²) in [6.07, 6.45) is 4.24. The van der Waals surface area contributed by atoms with Gasteiger partial charge in [0.2, 0.25) is 0 Å². The van der Waals surface area contributed by atoms with Gasteiger partial charge in [0.25, 0.3) is 17.7 Å². The first-order valence-corrected chi connectivity index (χ1v) is 39.9. The predicted octanol–water partition coefficient (Wildman–Crippen LogP) is 26.1. The highest BCUT2D eigenvalue weighted by Gasteiger charge is 2.34. The summed E-state index contributed by atoms with van der Waals surface area (Å²) < 4.78 is 19.0. The number of azo groups is 3. The van der Waals surface area contributed by atoms with Gasteiger partial charge in [-0.1, -0.05) is 185 Å². The molecule has 16 nitrogen and oxygen atoms in total. The van der Waals surface area contributed by atoms with Crippen LogP contribution in [0.25, 0.3) is 65.7 Å². The number of nitrogens with zero attached hydrogens (tertiary/aromatic N) is 10. The summed E-state index contributed by atoms with van der Waals surface area (Å²) >= 11 is 0. The molecule has 18 rings (SSSR count). The molecule has 0 fully saturated rings. The first-order valence-electron chi connectivity index (χ1n) is 39.9. The molecule has 15 aromatic rings. The van der Waals surface area contributed by atoms with E-state index in [0.717, 1.165) is 152 Å². The Morgan fingerprint density at radius 1 is 0.305 bits per heavy atom. The highest BCUT2D eigenvalue weighted by Crippen LogP contribution is 2.53. The molecule has 0 N–H and O–H groups in total. The molecule has 0 aliphatic heterocycles. The quantitative estimate of drug-likeness (QED) is 0.0646. The summed E-state index contributed by atoms with van der Waals surface area (Å²) in [6.45, 7) is 6.25. The fourth-order valence-corrected chi connectivity index (χ4v) is 17.7. The van der Waals surface area contributed by atoms with E-state index in [0.29, 0.717) is 87.3 Å². The first-order chi connectivity index (χ1) is 57.8. The van der Waals surface area contributed by atoms with Crippen LogP contribution in [0.5, 0.6) is 17.2 Å². The van der Waals surface area contributed by atoms with E-state index in [-0.39, 0.29) is 17.7 Å². The average Bonchev–Trinajstić information content (AvgIpc) is 1.51. The van der Waals surface area contributed by atoms with Gasteiger partial charge in [0.15, 0.2) is 17.2 Å². The lowest BCUT2D eigenvalue weighted by Crippen LogP contribution is -2.27. The Hall–Kier alpha value is -14.5. The van der Waals surface area contributed by atoms with Gasteiger partial charge in [-0.15, -0.1) is 15.3 Å². The Labute approximate surface area is 685 Å². The Balaban J connectivity index is 0.741. The Kier molecular flexibility index (Phi) is 19.9. The van der Waals surface area contributed by atoms with Crippen LogP contribution < -0.4 is 33.8 Å². The van der Waals surface area contributed by atoms with Crippen molar-refractivity contribution in [2.24, 2.45) is 30.7 Å². The van der Waals surface area contributed by atoms with Crippen molar-refractivity contribution < 1.29 is 28.6 Å². The molecule has 0 spiro atoms. The standard InChI is InChI=1S/C102H84N10O6/c1-10-61-25-16-22-34-88(61)109(4)100(113)85-58-67-37-52-79-76-31-19-13-28-64(76)55-82(79)91(67)94(97(85)116-7)106-103-70-40-46-73(47-41-70)112(74-48-42-71(43-49-74)104-107-95-92-68(38-53-80-77-32-20-14-29-65(77)56-83(80)92)59-86(98(95)117-8)101(114)110(5)89-35-23-17-26-62(89)11-2)75-50-44-72(45-51-75)105-108-96-93-69(39-54-81-78-33-21-15-30-66(78)57-84(81)93)60-87(99(96)118-9)102(115)111(6)90-36-24-18-27-63(90)12-3/h13-54,58-60H,10-12,55-57H2,1-9H3. The lowest BCUT2D eigenvalue weighted by atomic mass is 9.95. The van der Waals surface area contributed by atoms with Crippen LogP contribution in [0.1, 0.15) is 102 Å². The van der Waals surface area contributed by atoms with Crippen molar-refractivity contribution in [2.75, 3.05) is 62.1 Å². The smallest absolute Gasteiger partial charge is 0.261 e. The molecule has 0 saturated heterocycles. The minimum atomic E-state index is -0.240. The second kappa shape index (κ2) is 31.4. The van der Waals surface area contributed by atoms with E-state index in [2.05, 4.69) is 135 Å². The fraction of sp³-hybridized carbons (Fsp3) is 0.147.